The van der Waals surface area contributed by atoms with E-state index in [1.165, 1.54) is 13.8 Å². The van der Waals surface area contributed by atoms with Gasteiger partial charge in [0.05, 0.1) is 6.61 Å². The number of nitrogens with zero attached hydrogens (tertiary/aromatic N) is 1. The molecule has 0 radical (unpaired) electrons. The molecule has 2 aromatic carbocycles. The first-order valence-corrected chi connectivity index (χ1v) is 11.2. The van der Waals surface area contributed by atoms with Crippen LogP contribution < -0.4 is 0 Å². The Morgan fingerprint density at radius 2 is 1.50 bits per heavy atom. The van der Waals surface area contributed by atoms with E-state index in [1.54, 1.807) is 12.1 Å². The van der Waals surface area contributed by atoms with Gasteiger partial charge in [-0.1, -0.05) is 60.7 Å². The molecule has 2 aliphatic rings. The van der Waals surface area contributed by atoms with Crippen molar-refractivity contribution in [3.05, 3.63) is 71.8 Å². The fourth-order valence-electron chi connectivity index (χ4n) is 3.97. The second-order valence-electron chi connectivity index (χ2n) is 8.00. The first-order chi connectivity index (χ1) is 14.2. The van der Waals surface area contributed by atoms with E-state index in [2.05, 4.69) is 0 Å². The standard InChI is InChI=1S/C22H23NO6S/c1-22(2)18(21(25)29-14-16-11-7-4-8-12-16)23-19(24)17(20(23)30(22,26)27)28-13-15-9-5-3-6-10-15/h3-12,17-18,20H,13-14H2,1-2H3/t17-,18-,20+/m0/s1. The Morgan fingerprint density at radius 3 is 2.07 bits per heavy atom. The van der Waals surface area contributed by atoms with Crippen LogP contribution in [0.15, 0.2) is 60.7 Å². The van der Waals surface area contributed by atoms with Gasteiger partial charge in [0.1, 0.15) is 17.4 Å². The number of sulfone groups is 1. The third-order valence-electron chi connectivity index (χ3n) is 5.74. The summed E-state index contributed by atoms with van der Waals surface area (Å²) in [7, 11) is -3.85. The highest BCUT2D eigenvalue weighted by atomic mass is 32.2. The smallest absolute Gasteiger partial charge is 0.330 e. The van der Waals surface area contributed by atoms with Crippen molar-refractivity contribution in [1.82, 2.24) is 4.90 Å². The zero-order valence-electron chi connectivity index (χ0n) is 16.7. The molecule has 0 unspecified atom stereocenters. The highest BCUT2D eigenvalue weighted by Gasteiger charge is 2.73. The molecule has 2 fully saturated rings. The second-order valence-corrected chi connectivity index (χ2v) is 10.6. The highest BCUT2D eigenvalue weighted by molar-refractivity contribution is 7.94. The summed E-state index contributed by atoms with van der Waals surface area (Å²) in [6.07, 6.45) is -1.12. The van der Waals surface area contributed by atoms with Crippen molar-refractivity contribution in [1.29, 1.82) is 0 Å². The van der Waals surface area contributed by atoms with Gasteiger partial charge in [-0.25, -0.2) is 13.2 Å². The van der Waals surface area contributed by atoms with Gasteiger partial charge in [0.15, 0.2) is 21.3 Å². The fourth-order valence-corrected chi connectivity index (χ4v) is 6.15. The molecule has 0 saturated carbocycles. The summed E-state index contributed by atoms with van der Waals surface area (Å²) in [4.78, 5) is 26.7. The van der Waals surface area contributed by atoms with Crippen LogP contribution in [-0.4, -0.2) is 47.5 Å². The monoisotopic (exact) mass is 429 g/mol. The van der Waals surface area contributed by atoms with Crippen LogP contribution in [0.3, 0.4) is 0 Å². The summed E-state index contributed by atoms with van der Waals surface area (Å²) in [5.74, 6) is -1.24. The first-order valence-electron chi connectivity index (χ1n) is 9.67. The molecule has 0 N–H and O–H groups in total. The minimum absolute atomic E-state index is 0.00688. The van der Waals surface area contributed by atoms with Gasteiger partial charge in [0, 0.05) is 0 Å². The lowest BCUT2D eigenvalue weighted by Gasteiger charge is -2.42. The SMILES string of the molecule is CC1(C)[C@H](C(=O)OCc2ccccc2)N2C(=O)[C@H](OCc3ccccc3)[C@H]2S1(=O)=O. The van der Waals surface area contributed by atoms with Crippen molar-refractivity contribution < 1.29 is 27.5 Å². The Hall–Kier alpha value is -2.71. The lowest BCUT2D eigenvalue weighted by molar-refractivity contribution is -0.178. The van der Waals surface area contributed by atoms with Crippen LogP contribution in [0.2, 0.25) is 0 Å². The molecule has 3 atom stereocenters. The number of rotatable bonds is 6. The summed E-state index contributed by atoms with van der Waals surface area (Å²) < 4.78 is 35.8. The molecule has 4 rings (SSSR count). The summed E-state index contributed by atoms with van der Waals surface area (Å²) in [6.45, 7) is 3.03. The van der Waals surface area contributed by atoms with Crippen LogP contribution in [0.1, 0.15) is 25.0 Å². The van der Waals surface area contributed by atoms with Gasteiger partial charge in [-0.05, 0) is 25.0 Å². The Bertz CT molecular complexity index is 1050. The second kappa shape index (κ2) is 7.52. The zero-order valence-corrected chi connectivity index (χ0v) is 17.5. The Balaban J connectivity index is 1.51. The molecule has 1 amide bonds. The summed E-state index contributed by atoms with van der Waals surface area (Å²) in [5.41, 5.74) is 1.61. The van der Waals surface area contributed by atoms with E-state index >= 15 is 0 Å². The maximum absolute atomic E-state index is 13.2. The van der Waals surface area contributed by atoms with Crippen molar-refractivity contribution >= 4 is 21.7 Å². The lowest BCUT2D eigenvalue weighted by Crippen LogP contribution is -2.67. The van der Waals surface area contributed by atoms with E-state index < -0.39 is 44.0 Å². The van der Waals surface area contributed by atoms with Crippen molar-refractivity contribution in [2.45, 2.75) is 49.3 Å². The van der Waals surface area contributed by atoms with Crippen LogP contribution in [0, 0.1) is 0 Å². The number of ether oxygens (including phenoxy) is 2. The maximum atomic E-state index is 13.2. The van der Waals surface area contributed by atoms with E-state index in [-0.39, 0.29) is 13.2 Å². The molecule has 0 aromatic heterocycles. The van der Waals surface area contributed by atoms with Crippen LogP contribution >= 0.6 is 0 Å². The van der Waals surface area contributed by atoms with E-state index in [1.807, 2.05) is 48.5 Å². The number of amides is 1. The first kappa shape index (κ1) is 20.6. The molecule has 2 heterocycles. The summed E-state index contributed by atoms with van der Waals surface area (Å²) in [6, 6.07) is 17.1. The van der Waals surface area contributed by atoms with Crippen LogP contribution in [0.5, 0.6) is 0 Å². The number of β-lactam (4-membered cyclic amide) rings is 1. The Labute approximate surface area is 175 Å². The molecule has 158 valence electrons. The number of benzene rings is 2. The summed E-state index contributed by atoms with van der Waals surface area (Å²) >= 11 is 0. The average molecular weight is 429 g/mol. The van der Waals surface area contributed by atoms with Gasteiger partial charge in [-0.2, -0.15) is 0 Å². The molecule has 0 aliphatic carbocycles. The Kier molecular flexibility index (Phi) is 5.15. The van der Waals surface area contributed by atoms with Gasteiger partial charge in [0.2, 0.25) is 0 Å². The normalized spacial score (nSPS) is 26.0. The van der Waals surface area contributed by atoms with Crippen molar-refractivity contribution in [3.63, 3.8) is 0 Å². The molecule has 0 bridgehead atoms. The third-order valence-corrected chi connectivity index (χ3v) is 8.54. The molecule has 0 spiro atoms. The van der Waals surface area contributed by atoms with E-state index in [0.29, 0.717) is 0 Å². The molecule has 8 heteroatoms. The highest BCUT2D eigenvalue weighted by Crippen LogP contribution is 2.47. The van der Waals surface area contributed by atoms with Crippen molar-refractivity contribution in [2.24, 2.45) is 0 Å². The molecule has 30 heavy (non-hydrogen) atoms. The zero-order chi connectivity index (χ0) is 21.5. The third kappa shape index (κ3) is 3.20. The Morgan fingerprint density at radius 1 is 0.967 bits per heavy atom. The van der Waals surface area contributed by atoms with Gasteiger partial charge in [-0.3, -0.25) is 4.79 Å². The van der Waals surface area contributed by atoms with Crippen LogP contribution in [0.25, 0.3) is 0 Å². The van der Waals surface area contributed by atoms with Crippen LogP contribution in [-0.2, 0) is 42.1 Å². The molecular formula is C22H23NO6S. The van der Waals surface area contributed by atoms with Crippen LogP contribution in [0.4, 0.5) is 0 Å². The number of carbonyl (C=O) groups excluding carboxylic acids is 2. The number of fused-ring (bicyclic) bond motifs is 1. The van der Waals surface area contributed by atoms with Gasteiger partial charge in [-0.15, -0.1) is 0 Å². The molecule has 7 nitrogen and oxygen atoms in total. The van der Waals surface area contributed by atoms with Crippen molar-refractivity contribution in [2.75, 3.05) is 0 Å². The summed E-state index contributed by atoms with van der Waals surface area (Å²) in [5, 5.41) is -1.18. The topological polar surface area (TPSA) is 90.0 Å². The molecule has 2 aromatic rings. The van der Waals surface area contributed by atoms with E-state index in [9.17, 15) is 18.0 Å². The minimum Gasteiger partial charge on any atom is -0.459 e. The minimum atomic E-state index is -3.85. The van der Waals surface area contributed by atoms with Gasteiger partial charge >= 0.3 is 5.97 Å². The number of carbonyl (C=O) groups is 2. The van der Waals surface area contributed by atoms with Crippen molar-refractivity contribution in [3.8, 4) is 0 Å². The quantitative estimate of drug-likeness (QED) is 0.516. The van der Waals surface area contributed by atoms with Gasteiger partial charge < -0.3 is 14.4 Å². The van der Waals surface area contributed by atoms with E-state index in [0.717, 1.165) is 16.0 Å². The fraction of sp³-hybridized carbons (Fsp3) is 0.364. The average Bonchev–Trinajstić information content (AvgIpc) is 2.88. The largest absolute Gasteiger partial charge is 0.459 e. The molecule has 2 saturated heterocycles. The predicted octanol–water partition coefficient (Wildman–Crippen LogP) is 2.06. The van der Waals surface area contributed by atoms with Gasteiger partial charge in [0.25, 0.3) is 5.91 Å². The maximum Gasteiger partial charge on any atom is 0.330 e. The number of hydrogen-bond acceptors (Lipinski definition) is 6. The number of esters is 1. The molecular weight excluding hydrogens is 406 g/mol. The predicted molar refractivity (Wildman–Crippen MR) is 109 cm³/mol. The molecule has 2 aliphatic heterocycles. The van der Waals surface area contributed by atoms with E-state index in [4.69, 9.17) is 9.47 Å². The number of hydrogen-bond donors (Lipinski definition) is 0. The lowest BCUT2D eigenvalue weighted by atomic mass is 9.97.